The van der Waals surface area contributed by atoms with E-state index in [1.165, 1.54) is 0 Å². The number of nitrogens with zero attached hydrogens (tertiary/aromatic N) is 2. The minimum Gasteiger partial charge on any atom is -0.374 e. The molecule has 0 saturated carbocycles. The summed E-state index contributed by atoms with van der Waals surface area (Å²) in [6, 6.07) is 10.1. The highest BCUT2D eigenvalue weighted by Crippen LogP contribution is 2.36. The average molecular weight is 329 g/mol. The van der Waals surface area contributed by atoms with Crippen molar-refractivity contribution in [2.24, 2.45) is 0 Å². The van der Waals surface area contributed by atoms with Gasteiger partial charge in [0, 0.05) is 25.4 Å². The number of anilines is 1. The molecule has 6 nitrogen and oxygen atoms in total. The van der Waals surface area contributed by atoms with Crippen LogP contribution in [0, 0.1) is 0 Å². The Morgan fingerprint density at radius 1 is 1.12 bits per heavy atom. The summed E-state index contributed by atoms with van der Waals surface area (Å²) in [7, 11) is 0. The molecule has 24 heavy (non-hydrogen) atoms. The molecule has 1 aromatic rings. The third-order valence-electron chi connectivity index (χ3n) is 5.62. The van der Waals surface area contributed by atoms with Crippen molar-refractivity contribution in [3.8, 4) is 0 Å². The Bertz CT molecular complexity index is 626. The van der Waals surface area contributed by atoms with Crippen molar-refractivity contribution < 1.29 is 14.3 Å². The van der Waals surface area contributed by atoms with Gasteiger partial charge in [-0.25, -0.2) is 0 Å². The number of Topliss-reactive ketones (excluding diaryl/α,β-unsaturated/α-hetero) is 1. The van der Waals surface area contributed by atoms with Gasteiger partial charge in [-0.15, -0.1) is 0 Å². The highest BCUT2D eigenvalue weighted by atomic mass is 16.5. The van der Waals surface area contributed by atoms with Gasteiger partial charge in [0.2, 0.25) is 5.91 Å². The van der Waals surface area contributed by atoms with Crippen LogP contribution in [0.25, 0.3) is 0 Å². The third kappa shape index (κ3) is 2.50. The van der Waals surface area contributed by atoms with Crippen LogP contribution in [0.15, 0.2) is 30.3 Å². The van der Waals surface area contributed by atoms with Crippen LogP contribution in [0.2, 0.25) is 0 Å². The predicted molar refractivity (Wildman–Crippen MR) is 89.7 cm³/mol. The van der Waals surface area contributed by atoms with Crippen LogP contribution >= 0.6 is 0 Å². The van der Waals surface area contributed by atoms with Gasteiger partial charge in [0.1, 0.15) is 12.1 Å². The van der Waals surface area contributed by atoms with E-state index in [1.807, 2.05) is 18.2 Å². The van der Waals surface area contributed by atoms with Crippen LogP contribution in [-0.2, 0) is 14.3 Å². The van der Waals surface area contributed by atoms with Gasteiger partial charge in [0.25, 0.3) is 0 Å². The first kappa shape index (κ1) is 15.6. The van der Waals surface area contributed by atoms with Crippen molar-refractivity contribution in [2.45, 2.75) is 30.8 Å². The third-order valence-corrected chi connectivity index (χ3v) is 5.62. The number of carbonyl (C=O) groups is 2. The highest BCUT2D eigenvalue weighted by Gasteiger charge is 2.51. The lowest BCUT2D eigenvalue weighted by atomic mass is 9.84. The Hall–Kier alpha value is -1.92. The molecule has 3 aliphatic heterocycles. The Kier molecular flexibility index (Phi) is 4.02. The second-order valence-corrected chi connectivity index (χ2v) is 6.82. The summed E-state index contributed by atoms with van der Waals surface area (Å²) in [5, 5.41) is 3.01. The van der Waals surface area contributed by atoms with Crippen molar-refractivity contribution in [3.05, 3.63) is 30.3 Å². The quantitative estimate of drug-likeness (QED) is 0.868. The predicted octanol–water partition coefficient (Wildman–Crippen LogP) is 0.773. The molecule has 1 N–H and O–H groups in total. The maximum atomic E-state index is 12.6. The van der Waals surface area contributed by atoms with Gasteiger partial charge in [-0.05, 0) is 31.4 Å². The van der Waals surface area contributed by atoms with Crippen LogP contribution < -0.4 is 10.2 Å². The largest absolute Gasteiger partial charge is 0.374 e. The van der Waals surface area contributed by atoms with Gasteiger partial charge in [-0.3, -0.25) is 14.5 Å². The van der Waals surface area contributed by atoms with Crippen molar-refractivity contribution in [1.82, 2.24) is 10.2 Å². The summed E-state index contributed by atoms with van der Waals surface area (Å²) >= 11 is 0. The zero-order valence-electron chi connectivity index (χ0n) is 13.7. The Balaban J connectivity index is 1.51. The minimum absolute atomic E-state index is 0.0364. The summed E-state index contributed by atoms with van der Waals surface area (Å²) in [6.45, 7) is 2.97. The molecule has 0 bridgehead atoms. The van der Waals surface area contributed by atoms with E-state index in [1.54, 1.807) is 0 Å². The summed E-state index contributed by atoms with van der Waals surface area (Å²) in [5.74, 6) is 0.289. The number of nitrogens with one attached hydrogen (secondary N) is 1. The van der Waals surface area contributed by atoms with E-state index in [4.69, 9.17) is 4.74 Å². The van der Waals surface area contributed by atoms with Crippen LogP contribution in [0.1, 0.15) is 19.3 Å². The van der Waals surface area contributed by atoms with E-state index >= 15 is 0 Å². The molecule has 1 aromatic carbocycles. The molecule has 0 aromatic heterocycles. The first-order chi connectivity index (χ1) is 11.7. The molecule has 1 amide bonds. The van der Waals surface area contributed by atoms with E-state index in [0.29, 0.717) is 13.3 Å². The molecule has 3 fully saturated rings. The fourth-order valence-corrected chi connectivity index (χ4v) is 4.25. The summed E-state index contributed by atoms with van der Waals surface area (Å²) in [4.78, 5) is 29.2. The van der Waals surface area contributed by atoms with Crippen LogP contribution in [-0.4, -0.2) is 61.1 Å². The molecule has 1 atom stereocenters. The molecular formula is C18H23N3O3. The Morgan fingerprint density at radius 2 is 1.88 bits per heavy atom. The van der Waals surface area contributed by atoms with Crippen LogP contribution in [0.3, 0.4) is 0 Å². The van der Waals surface area contributed by atoms with Gasteiger partial charge in [-0.1, -0.05) is 18.2 Å². The number of hydrogen-bond acceptors (Lipinski definition) is 5. The minimum atomic E-state index is -0.480. The molecule has 1 spiro atoms. The van der Waals surface area contributed by atoms with Crippen molar-refractivity contribution in [1.29, 1.82) is 0 Å². The summed E-state index contributed by atoms with van der Waals surface area (Å²) in [6.07, 6.45) is 2.26. The van der Waals surface area contributed by atoms with E-state index in [9.17, 15) is 9.59 Å². The number of rotatable bonds is 2. The number of ether oxygens (including phenoxy) is 1. The lowest BCUT2D eigenvalue weighted by molar-refractivity contribution is -0.135. The summed E-state index contributed by atoms with van der Waals surface area (Å²) < 4.78 is 5.24. The molecular weight excluding hydrogens is 306 g/mol. The van der Waals surface area contributed by atoms with Crippen molar-refractivity contribution in [3.63, 3.8) is 0 Å². The lowest BCUT2D eigenvalue weighted by Crippen LogP contribution is -2.59. The molecule has 3 saturated heterocycles. The van der Waals surface area contributed by atoms with Crippen molar-refractivity contribution >= 4 is 17.4 Å². The Morgan fingerprint density at radius 3 is 2.58 bits per heavy atom. The second kappa shape index (κ2) is 6.18. The number of ketones is 1. The molecule has 0 radical (unpaired) electrons. The van der Waals surface area contributed by atoms with Gasteiger partial charge in [0.15, 0.2) is 5.78 Å². The number of carbonyl (C=O) groups excluding carboxylic acids is 2. The number of piperidine rings is 1. The number of benzene rings is 1. The average Bonchev–Trinajstić information content (AvgIpc) is 2.93. The zero-order valence-corrected chi connectivity index (χ0v) is 13.7. The van der Waals surface area contributed by atoms with E-state index < -0.39 is 5.54 Å². The van der Waals surface area contributed by atoms with Crippen LogP contribution in [0.5, 0.6) is 0 Å². The molecule has 4 rings (SSSR count). The highest BCUT2D eigenvalue weighted by molar-refractivity contribution is 5.93. The van der Waals surface area contributed by atoms with Gasteiger partial charge in [0.05, 0.1) is 12.7 Å². The number of likely N-dealkylation sites (tertiary alicyclic amines) is 1. The monoisotopic (exact) mass is 329 g/mol. The van der Waals surface area contributed by atoms with E-state index in [-0.39, 0.29) is 24.3 Å². The zero-order chi connectivity index (χ0) is 16.6. The smallest absolute Gasteiger partial charge is 0.247 e. The van der Waals surface area contributed by atoms with Gasteiger partial charge >= 0.3 is 0 Å². The van der Waals surface area contributed by atoms with Crippen molar-refractivity contribution in [2.75, 3.05) is 37.9 Å². The maximum Gasteiger partial charge on any atom is 0.247 e. The number of hydrogen-bond donors (Lipinski definition) is 1. The Labute approximate surface area is 141 Å². The first-order valence-corrected chi connectivity index (χ1v) is 8.66. The maximum absolute atomic E-state index is 12.6. The topological polar surface area (TPSA) is 61.9 Å². The number of amides is 1. The number of para-hydroxylation sites is 1. The molecule has 0 aliphatic carbocycles. The summed E-state index contributed by atoms with van der Waals surface area (Å²) in [5.41, 5.74) is 0.595. The fraction of sp³-hybridized carbons (Fsp3) is 0.556. The normalized spacial score (nSPS) is 27.5. The SMILES string of the molecule is O=C1COCCC1N1CCC2(CC1)C(=O)NCN2c1ccccc1. The van der Waals surface area contributed by atoms with Crippen LogP contribution in [0.4, 0.5) is 5.69 Å². The van der Waals surface area contributed by atoms with Gasteiger partial charge < -0.3 is 15.0 Å². The standard InChI is InChI=1S/C18H23N3O3/c22-16-12-24-11-6-15(16)20-9-7-18(8-10-20)17(23)19-13-21(18)14-4-2-1-3-5-14/h1-5,15H,6-13H2,(H,19,23). The van der Waals surface area contributed by atoms with Gasteiger partial charge in [-0.2, -0.15) is 0 Å². The molecule has 3 heterocycles. The molecule has 1 unspecified atom stereocenters. The lowest BCUT2D eigenvalue weighted by Gasteiger charge is -2.45. The first-order valence-electron chi connectivity index (χ1n) is 8.66. The molecule has 6 heteroatoms. The fourth-order valence-electron chi connectivity index (χ4n) is 4.25. The van der Waals surface area contributed by atoms with E-state index in [0.717, 1.165) is 38.0 Å². The molecule has 3 aliphatic rings. The van der Waals surface area contributed by atoms with E-state index in [2.05, 4.69) is 27.2 Å². The molecule has 128 valence electrons. The second-order valence-electron chi connectivity index (χ2n) is 6.82.